The number of amides is 1. The second-order valence-corrected chi connectivity index (χ2v) is 6.56. The first kappa shape index (κ1) is 16.8. The molecule has 2 fully saturated rings. The largest absolute Gasteiger partial charge is 0.356 e. The van der Waals surface area contributed by atoms with Crippen molar-refractivity contribution in [2.75, 3.05) is 19.6 Å². The maximum Gasteiger partial charge on any atom is 0.220 e. The minimum atomic E-state index is 0. The van der Waals surface area contributed by atoms with Crippen LogP contribution in [0, 0.1) is 11.3 Å². The summed E-state index contributed by atoms with van der Waals surface area (Å²) in [4.78, 5) is 11.9. The highest BCUT2D eigenvalue weighted by molar-refractivity contribution is 5.85. The molecule has 0 spiro atoms. The number of hydrogen-bond acceptors (Lipinski definition) is 2. The van der Waals surface area contributed by atoms with Crippen molar-refractivity contribution in [3.63, 3.8) is 0 Å². The van der Waals surface area contributed by atoms with Crippen LogP contribution in [0.15, 0.2) is 0 Å². The summed E-state index contributed by atoms with van der Waals surface area (Å²) in [6, 6.07) is 0. The van der Waals surface area contributed by atoms with Gasteiger partial charge in [0.2, 0.25) is 5.91 Å². The van der Waals surface area contributed by atoms with E-state index in [-0.39, 0.29) is 23.7 Å². The van der Waals surface area contributed by atoms with Gasteiger partial charge in [0, 0.05) is 19.5 Å². The lowest BCUT2D eigenvalue weighted by molar-refractivity contribution is -0.121. The Labute approximate surface area is 123 Å². The first-order valence-electron chi connectivity index (χ1n) is 7.65. The summed E-state index contributed by atoms with van der Waals surface area (Å²) in [5.74, 6) is 1.08. The zero-order valence-electron chi connectivity index (χ0n) is 12.2. The Kier molecular flexibility index (Phi) is 7.16. The fourth-order valence-corrected chi connectivity index (χ4v) is 3.30. The molecule has 1 amide bonds. The lowest BCUT2D eigenvalue weighted by atomic mass is 9.83. The van der Waals surface area contributed by atoms with Crippen LogP contribution in [0.25, 0.3) is 0 Å². The Morgan fingerprint density at radius 3 is 2.68 bits per heavy atom. The number of halogens is 1. The van der Waals surface area contributed by atoms with Crippen LogP contribution >= 0.6 is 12.4 Å². The molecule has 2 N–H and O–H groups in total. The second kappa shape index (κ2) is 8.11. The summed E-state index contributed by atoms with van der Waals surface area (Å²) in [6.45, 7) is 5.28. The molecule has 1 heterocycles. The van der Waals surface area contributed by atoms with Gasteiger partial charge in [0.15, 0.2) is 0 Å². The molecule has 1 unspecified atom stereocenters. The molecule has 112 valence electrons. The van der Waals surface area contributed by atoms with Crippen molar-refractivity contribution in [2.24, 2.45) is 11.3 Å². The molecule has 19 heavy (non-hydrogen) atoms. The van der Waals surface area contributed by atoms with Crippen LogP contribution in [-0.4, -0.2) is 25.5 Å². The lowest BCUT2D eigenvalue weighted by Crippen LogP contribution is -2.45. The summed E-state index contributed by atoms with van der Waals surface area (Å²) >= 11 is 0. The summed E-state index contributed by atoms with van der Waals surface area (Å²) in [7, 11) is 0. The monoisotopic (exact) mass is 288 g/mol. The quantitative estimate of drug-likeness (QED) is 0.817. The highest BCUT2D eigenvalue weighted by atomic mass is 35.5. The van der Waals surface area contributed by atoms with Crippen LogP contribution < -0.4 is 10.6 Å². The molecular weight excluding hydrogens is 260 g/mol. The van der Waals surface area contributed by atoms with Gasteiger partial charge in [-0.1, -0.05) is 32.6 Å². The third kappa shape index (κ3) is 5.70. The van der Waals surface area contributed by atoms with E-state index in [9.17, 15) is 4.79 Å². The maximum atomic E-state index is 11.9. The van der Waals surface area contributed by atoms with E-state index >= 15 is 0 Å². The van der Waals surface area contributed by atoms with Gasteiger partial charge in [-0.2, -0.15) is 0 Å². The van der Waals surface area contributed by atoms with Crippen molar-refractivity contribution >= 4 is 18.3 Å². The third-order valence-electron chi connectivity index (χ3n) is 4.65. The Bertz CT molecular complexity index is 271. The first-order chi connectivity index (χ1) is 8.68. The highest BCUT2D eigenvalue weighted by Gasteiger charge is 2.27. The Balaban J connectivity index is 0.00000180. The van der Waals surface area contributed by atoms with E-state index in [1.54, 1.807) is 0 Å². The molecule has 0 radical (unpaired) electrons. The van der Waals surface area contributed by atoms with Crippen LogP contribution in [-0.2, 0) is 4.79 Å². The van der Waals surface area contributed by atoms with Gasteiger partial charge in [-0.05, 0) is 37.1 Å². The van der Waals surface area contributed by atoms with Crippen molar-refractivity contribution in [2.45, 2.75) is 58.3 Å². The van der Waals surface area contributed by atoms with Crippen molar-refractivity contribution in [3.05, 3.63) is 0 Å². The summed E-state index contributed by atoms with van der Waals surface area (Å²) in [6.07, 6.45) is 9.71. The molecule has 1 aliphatic carbocycles. The summed E-state index contributed by atoms with van der Waals surface area (Å²) < 4.78 is 0. The van der Waals surface area contributed by atoms with Gasteiger partial charge in [-0.3, -0.25) is 4.79 Å². The van der Waals surface area contributed by atoms with Gasteiger partial charge < -0.3 is 10.6 Å². The topological polar surface area (TPSA) is 41.1 Å². The molecule has 2 rings (SSSR count). The van der Waals surface area contributed by atoms with E-state index in [0.29, 0.717) is 0 Å². The molecule has 2 aliphatic rings. The molecule has 1 saturated heterocycles. The lowest BCUT2D eigenvalue weighted by Gasteiger charge is -2.34. The summed E-state index contributed by atoms with van der Waals surface area (Å²) in [5.41, 5.74) is 0.265. The average Bonchev–Trinajstić information content (AvgIpc) is 2.88. The minimum absolute atomic E-state index is 0. The number of rotatable bonds is 5. The maximum absolute atomic E-state index is 11.9. The predicted molar refractivity (Wildman–Crippen MR) is 81.7 cm³/mol. The molecular formula is C15H29ClN2O. The van der Waals surface area contributed by atoms with Gasteiger partial charge in [0.25, 0.3) is 0 Å². The van der Waals surface area contributed by atoms with Gasteiger partial charge in [-0.25, -0.2) is 0 Å². The standard InChI is InChI=1S/C15H28N2O.ClH/c1-15(9-4-10-16-11-15)12-17-14(18)8-7-13-5-2-3-6-13;/h13,16H,2-12H2,1H3,(H,17,18);1H. The van der Waals surface area contributed by atoms with Crippen LogP contribution in [0.5, 0.6) is 0 Å². The van der Waals surface area contributed by atoms with Gasteiger partial charge in [-0.15, -0.1) is 12.4 Å². The normalized spacial score (nSPS) is 27.8. The van der Waals surface area contributed by atoms with Crippen molar-refractivity contribution in [1.29, 1.82) is 0 Å². The zero-order valence-corrected chi connectivity index (χ0v) is 13.0. The molecule has 3 nitrogen and oxygen atoms in total. The van der Waals surface area contributed by atoms with Crippen LogP contribution in [0.1, 0.15) is 58.3 Å². The number of carbonyl (C=O) groups excluding carboxylic acids is 1. The Morgan fingerprint density at radius 1 is 1.32 bits per heavy atom. The average molecular weight is 289 g/mol. The predicted octanol–water partition coefficient (Wildman–Crippen LogP) is 2.88. The zero-order chi connectivity index (χ0) is 12.8. The van der Waals surface area contributed by atoms with Gasteiger partial charge in [0.05, 0.1) is 0 Å². The van der Waals surface area contributed by atoms with Crippen molar-refractivity contribution < 1.29 is 4.79 Å². The van der Waals surface area contributed by atoms with Gasteiger partial charge in [0.1, 0.15) is 0 Å². The molecule has 0 aromatic carbocycles. The first-order valence-corrected chi connectivity index (χ1v) is 7.65. The van der Waals surface area contributed by atoms with Crippen molar-refractivity contribution in [1.82, 2.24) is 10.6 Å². The summed E-state index contributed by atoms with van der Waals surface area (Å²) in [5, 5.41) is 6.56. The third-order valence-corrected chi connectivity index (χ3v) is 4.65. The molecule has 0 aromatic heterocycles. The van der Waals surface area contributed by atoms with E-state index in [1.807, 2.05) is 0 Å². The fourth-order valence-electron chi connectivity index (χ4n) is 3.30. The molecule has 0 aromatic rings. The van der Waals surface area contributed by atoms with Crippen LogP contribution in [0.2, 0.25) is 0 Å². The SMILES string of the molecule is CC1(CNC(=O)CCC2CCCC2)CCCNC1.Cl. The Hall–Kier alpha value is -0.280. The van der Waals surface area contributed by atoms with Crippen molar-refractivity contribution in [3.8, 4) is 0 Å². The number of carbonyl (C=O) groups is 1. The van der Waals surface area contributed by atoms with E-state index in [1.165, 1.54) is 38.5 Å². The molecule has 4 heteroatoms. The molecule has 1 aliphatic heterocycles. The second-order valence-electron chi connectivity index (χ2n) is 6.56. The van der Waals surface area contributed by atoms with E-state index in [2.05, 4.69) is 17.6 Å². The molecule has 1 atom stereocenters. The fraction of sp³-hybridized carbons (Fsp3) is 0.933. The number of nitrogens with one attached hydrogen (secondary N) is 2. The minimum Gasteiger partial charge on any atom is -0.356 e. The molecule has 1 saturated carbocycles. The van der Waals surface area contributed by atoms with E-state index in [4.69, 9.17) is 0 Å². The number of piperidine rings is 1. The molecule has 0 bridgehead atoms. The highest BCUT2D eigenvalue weighted by Crippen LogP contribution is 2.28. The van der Waals surface area contributed by atoms with Crippen LogP contribution in [0.3, 0.4) is 0 Å². The van der Waals surface area contributed by atoms with Gasteiger partial charge >= 0.3 is 0 Å². The smallest absolute Gasteiger partial charge is 0.220 e. The Morgan fingerprint density at radius 2 is 2.05 bits per heavy atom. The number of hydrogen-bond donors (Lipinski definition) is 2. The van der Waals surface area contributed by atoms with E-state index < -0.39 is 0 Å². The van der Waals surface area contributed by atoms with Crippen LogP contribution in [0.4, 0.5) is 0 Å². The van der Waals surface area contributed by atoms with E-state index in [0.717, 1.165) is 38.4 Å².